The second-order valence-corrected chi connectivity index (χ2v) is 8.75. The molecule has 1 atom stereocenters. The number of amides is 1. The number of benzene rings is 2. The van der Waals surface area contributed by atoms with Gasteiger partial charge in [-0.05, 0) is 42.9 Å². The monoisotopic (exact) mass is 481 g/mol. The molecule has 0 bridgehead atoms. The fourth-order valence-electron chi connectivity index (χ4n) is 4.21. The summed E-state index contributed by atoms with van der Waals surface area (Å²) < 4.78 is 13.2. The SMILES string of the molecule is COc1ccc(C(CNC(=O)CCn2c(-c3cccc(C)c3)n[nH]c2=S)N2CCOCC2)cc1. The number of hydrogen-bond donors (Lipinski definition) is 2. The molecule has 1 fully saturated rings. The van der Waals surface area contributed by atoms with Gasteiger partial charge in [0, 0.05) is 38.2 Å². The van der Waals surface area contributed by atoms with Crippen molar-refractivity contribution in [1.82, 2.24) is 25.0 Å². The third-order valence-electron chi connectivity index (χ3n) is 6.08. The van der Waals surface area contributed by atoms with E-state index >= 15 is 0 Å². The van der Waals surface area contributed by atoms with Gasteiger partial charge in [0.2, 0.25) is 5.91 Å². The summed E-state index contributed by atoms with van der Waals surface area (Å²) in [6.45, 7) is 6.06. The highest BCUT2D eigenvalue weighted by Gasteiger charge is 2.23. The van der Waals surface area contributed by atoms with Crippen LogP contribution in [-0.4, -0.2) is 65.5 Å². The summed E-state index contributed by atoms with van der Waals surface area (Å²) in [6, 6.07) is 16.2. The molecule has 1 aromatic heterocycles. The summed E-state index contributed by atoms with van der Waals surface area (Å²) in [4.78, 5) is 15.2. The summed E-state index contributed by atoms with van der Waals surface area (Å²) in [7, 11) is 1.66. The average Bonchev–Trinajstić information content (AvgIpc) is 3.24. The van der Waals surface area contributed by atoms with Crippen LogP contribution in [0, 0.1) is 11.7 Å². The summed E-state index contributed by atoms with van der Waals surface area (Å²) >= 11 is 5.42. The van der Waals surface area contributed by atoms with E-state index in [9.17, 15) is 4.79 Å². The highest BCUT2D eigenvalue weighted by Crippen LogP contribution is 2.24. The van der Waals surface area contributed by atoms with Crippen molar-refractivity contribution < 1.29 is 14.3 Å². The van der Waals surface area contributed by atoms with Crippen molar-refractivity contribution in [2.24, 2.45) is 0 Å². The molecule has 1 aliphatic heterocycles. The van der Waals surface area contributed by atoms with Crippen LogP contribution in [-0.2, 0) is 16.1 Å². The average molecular weight is 482 g/mol. The number of nitrogens with one attached hydrogen (secondary N) is 2. The van der Waals surface area contributed by atoms with Crippen molar-refractivity contribution in [3.63, 3.8) is 0 Å². The summed E-state index contributed by atoms with van der Waals surface area (Å²) in [5.74, 6) is 1.53. The van der Waals surface area contributed by atoms with Crippen LogP contribution >= 0.6 is 12.2 Å². The van der Waals surface area contributed by atoms with Crippen molar-refractivity contribution in [3.8, 4) is 17.1 Å². The Morgan fingerprint density at radius 1 is 1.24 bits per heavy atom. The van der Waals surface area contributed by atoms with E-state index in [2.05, 4.69) is 38.6 Å². The molecule has 9 heteroatoms. The first-order valence-electron chi connectivity index (χ1n) is 11.5. The molecule has 1 unspecified atom stereocenters. The molecule has 0 spiro atoms. The van der Waals surface area contributed by atoms with Gasteiger partial charge in [-0.1, -0.05) is 35.9 Å². The Labute approximate surface area is 204 Å². The van der Waals surface area contributed by atoms with E-state index in [1.165, 1.54) is 0 Å². The van der Waals surface area contributed by atoms with Gasteiger partial charge in [-0.2, -0.15) is 5.10 Å². The molecular formula is C25H31N5O3S. The van der Waals surface area contributed by atoms with Gasteiger partial charge >= 0.3 is 0 Å². The Kier molecular flexibility index (Phi) is 8.10. The number of H-pyrrole nitrogens is 1. The first-order chi connectivity index (χ1) is 16.5. The Hall–Kier alpha value is -3.01. The second-order valence-electron chi connectivity index (χ2n) is 8.36. The number of nitrogens with zero attached hydrogens (tertiary/aromatic N) is 3. The van der Waals surface area contributed by atoms with Crippen LogP contribution in [0.3, 0.4) is 0 Å². The molecule has 3 aromatic rings. The van der Waals surface area contributed by atoms with E-state index in [0.29, 0.717) is 37.5 Å². The van der Waals surface area contributed by atoms with Crippen molar-refractivity contribution in [2.75, 3.05) is 40.0 Å². The number of aromatic nitrogens is 3. The van der Waals surface area contributed by atoms with E-state index in [1.54, 1.807) is 7.11 Å². The molecule has 0 aliphatic carbocycles. The van der Waals surface area contributed by atoms with Crippen LogP contribution in [0.4, 0.5) is 0 Å². The fraction of sp³-hybridized carbons (Fsp3) is 0.400. The number of carbonyl (C=O) groups is 1. The Balaban J connectivity index is 1.41. The largest absolute Gasteiger partial charge is 0.497 e. The van der Waals surface area contributed by atoms with E-state index in [4.69, 9.17) is 21.7 Å². The van der Waals surface area contributed by atoms with Crippen LogP contribution < -0.4 is 10.1 Å². The molecular weight excluding hydrogens is 450 g/mol. The zero-order valence-electron chi connectivity index (χ0n) is 19.6. The third-order valence-corrected chi connectivity index (χ3v) is 6.39. The second kappa shape index (κ2) is 11.4. The molecule has 2 N–H and O–H groups in total. The quantitative estimate of drug-likeness (QED) is 0.455. The predicted molar refractivity (Wildman–Crippen MR) is 133 cm³/mol. The molecule has 4 rings (SSSR count). The van der Waals surface area contributed by atoms with Gasteiger partial charge in [-0.3, -0.25) is 19.4 Å². The van der Waals surface area contributed by atoms with Crippen molar-refractivity contribution in [1.29, 1.82) is 0 Å². The third kappa shape index (κ3) is 5.91. The molecule has 1 saturated heterocycles. The number of rotatable bonds is 9. The van der Waals surface area contributed by atoms with E-state index in [0.717, 1.165) is 41.4 Å². The number of aryl methyl sites for hydroxylation is 1. The fourth-order valence-corrected chi connectivity index (χ4v) is 4.44. The molecule has 0 radical (unpaired) electrons. The molecule has 1 amide bonds. The summed E-state index contributed by atoms with van der Waals surface area (Å²) in [5.41, 5.74) is 3.25. The molecule has 2 heterocycles. The highest BCUT2D eigenvalue weighted by molar-refractivity contribution is 7.71. The first-order valence-corrected chi connectivity index (χ1v) is 11.9. The van der Waals surface area contributed by atoms with Crippen LogP contribution in [0.25, 0.3) is 11.4 Å². The normalized spacial score (nSPS) is 15.1. The van der Waals surface area contributed by atoms with Crippen LogP contribution in [0.1, 0.15) is 23.6 Å². The lowest BCUT2D eigenvalue weighted by Gasteiger charge is -2.35. The maximum atomic E-state index is 12.8. The van der Waals surface area contributed by atoms with Crippen LogP contribution in [0.2, 0.25) is 0 Å². The first kappa shape index (κ1) is 24.1. The lowest BCUT2D eigenvalue weighted by atomic mass is 10.0. The minimum atomic E-state index is -0.0231. The van der Waals surface area contributed by atoms with Gasteiger partial charge in [-0.25, -0.2) is 0 Å². The number of morpholine rings is 1. The lowest BCUT2D eigenvalue weighted by Crippen LogP contribution is -2.43. The minimum Gasteiger partial charge on any atom is -0.497 e. The molecule has 1 aliphatic rings. The number of aromatic amines is 1. The smallest absolute Gasteiger partial charge is 0.221 e. The Morgan fingerprint density at radius 2 is 2.00 bits per heavy atom. The van der Waals surface area contributed by atoms with Gasteiger partial charge in [0.1, 0.15) is 5.75 Å². The topological polar surface area (TPSA) is 84.4 Å². The van der Waals surface area contributed by atoms with Gasteiger partial charge in [0.05, 0.1) is 26.4 Å². The van der Waals surface area contributed by atoms with Gasteiger partial charge in [0.25, 0.3) is 0 Å². The zero-order valence-corrected chi connectivity index (χ0v) is 20.4. The molecule has 0 saturated carbocycles. The number of hydrogen-bond acceptors (Lipinski definition) is 6. The molecule has 180 valence electrons. The highest BCUT2D eigenvalue weighted by atomic mass is 32.1. The van der Waals surface area contributed by atoms with Crippen LogP contribution in [0.5, 0.6) is 5.75 Å². The van der Waals surface area contributed by atoms with Gasteiger partial charge in [-0.15, -0.1) is 0 Å². The van der Waals surface area contributed by atoms with Crippen molar-refractivity contribution >= 4 is 18.1 Å². The molecule has 34 heavy (non-hydrogen) atoms. The van der Waals surface area contributed by atoms with E-state index in [-0.39, 0.29) is 11.9 Å². The Morgan fingerprint density at radius 3 is 2.71 bits per heavy atom. The Bertz CT molecular complexity index is 1150. The minimum absolute atomic E-state index is 0.0231. The van der Waals surface area contributed by atoms with Gasteiger partial charge < -0.3 is 14.8 Å². The summed E-state index contributed by atoms with van der Waals surface area (Å²) in [5, 5.41) is 10.4. The van der Waals surface area contributed by atoms with Gasteiger partial charge in [0.15, 0.2) is 10.6 Å². The standard InChI is InChI=1S/C25H31N5O3S/c1-18-4-3-5-20(16-18)24-27-28-25(34)30(24)11-10-23(31)26-17-22(29-12-14-33-15-13-29)19-6-8-21(32-2)9-7-19/h3-9,16,22H,10-15,17H2,1-2H3,(H,26,31)(H,28,34). The number of carbonyl (C=O) groups excluding carboxylic acids is 1. The van der Waals surface area contributed by atoms with E-state index in [1.807, 2.05) is 41.8 Å². The number of methoxy groups -OCH3 is 1. The van der Waals surface area contributed by atoms with Crippen molar-refractivity contribution in [3.05, 3.63) is 64.4 Å². The van der Waals surface area contributed by atoms with Crippen molar-refractivity contribution in [2.45, 2.75) is 25.9 Å². The summed E-state index contributed by atoms with van der Waals surface area (Å²) in [6.07, 6.45) is 0.311. The molecule has 8 nitrogen and oxygen atoms in total. The predicted octanol–water partition coefficient (Wildman–Crippen LogP) is 3.50. The maximum Gasteiger partial charge on any atom is 0.221 e. The maximum absolute atomic E-state index is 12.8. The lowest BCUT2D eigenvalue weighted by molar-refractivity contribution is -0.121. The molecule has 2 aromatic carbocycles. The number of ether oxygens (including phenoxy) is 2. The van der Waals surface area contributed by atoms with Crippen LogP contribution in [0.15, 0.2) is 48.5 Å². The zero-order chi connectivity index (χ0) is 23.9. The van der Waals surface area contributed by atoms with E-state index < -0.39 is 0 Å².